The van der Waals surface area contributed by atoms with Gasteiger partial charge in [-0.2, -0.15) is 15.6 Å². The van der Waals surface area contributed by atoms with Gasteiger partial charge in [-0.1, -0.05) is 23.5 Å². The first kappa shape index (κ1) is 34.8. The van der Waals surface area contributed by atoms with E-state index in [-0.39, 0.29) is 24.3 Å². The molecule has 14 nitrogen and oxygen atoms in total. The van der Waals surface area contributed by atoms with Gasteiger partial charge < -0.3 is 15.1 Å². The fourth-order valence-corrected chi connectivity index (χ4v) is 9.69. The fourth-order valence-electron chi connectivity index (χ4n) is 8.80. The third-order valence-electron chi connectivity index (χ3n) is 11.7. The summed E-state index contributed by atoms with van der Waals surface area (Å²) in [7, 11) is 0. The van der Waals surface area contributed by atoms with E-state index in [2.05, 4.69) is 77.0 Å². The van der Waals surface area contributed by atoms with Crippen molar-refractivity contribution in [1.29, 1.82) is 10.5 Å². The van der Waals surface area contributed by atoms with E-state index < -0.39 is 0 Å². The average molecular weight is 753 g/mol. The second-order valence-electron chi connectivity index (χ2n) is 14.9. The molecule has 2 bridgehead atoms. The highest BCUT2D eigenvalue weighted by Crippen LogP contribution is 2.39. The molecule has 15 heteroatoms. The van der Waals surface area contributed by atoms with Gasteiger partial charge in [0, 0.05) is 68.8 Å². The van der Waals surface area contributed by atoms with Gasteiger partial charge in [0.1, 0.15) is 12.6 Å². The molecule has 5 aromatic rings. The Bertz CT molecular complexity index is 2320. The summed E-state index contributed by atoms with van der Waals surface area (Å²) in [5.41, 5.74) is 6.47. The lowest BCUT2D eigenvalue weighted by Gasteiger charge is -2.43. The maximum absolute atomic E-state index is 12.3. The van der Waals surface area contributed by atoms with Gasteiger partial charge in [-0.3, -0.25) is 24.8 Å². The Labute approximate surface area is 322 Å². The first-order valence-electron chi connectivity index (χ1n) is 19.0. The number of hydrogen-bond donors (Lipinski definition) is 2. The van der Waals surface area contributed by atoms with Crippen LogP contribution >= 0.6 is 11.3 Å². The minimum Gasteiger partial charge on any atom is -0.372 e. The van der Waals surface area contributed by atoms with E-state index in [4.69, 9.17) is 4.98 Å². The summed E-state index contributed by atoms with van der Waals surface area (Å²) in [6.45, 7) is 5.17. The van der Waals surface area contributed by atoms with Crippen LogP contribution in [-0.4, -0.2) is 92.9 Å². The van der Waals surface area contributed by atoms with Crippen LogP contribution in [0.3, 0.4) is 0 Å². The Morgan fingerprint density at radius 2 is 1.71 bits per heavy atom. The first-order chi connectivity index (χ1) is 26.9. The molecule has 278 valence electrons. The van der Waals surface area contributed by atoms with E-state index in [1.807, 2.05) is 18.2 Å². The number of anilines is 3. The molecule has 0 aliphatic carbocycles. The summed E-state index contributed by atoms with van der Waals surface area (Å²) in [5, 5.41) is 39.7. The van der Waals surface area contributed by atoms with Crippen molar-refractivity contribution in [3.8, 4) is 34.1 Å². The van der Waals surface area contributed by atoms with Crippen molar-refractivity contribution >= 4 is 45.2 Å². The molecule has 0 radical (unpaired) electrons. The monoisotopic (exact) mass is 752 g/mol. The normalized spacial score (nSPS) is 21.7. The van der Waals surface area contributed by atoms with Gasteiger partial charge in [0.05, 0.1) is 46.2 Å². The minimum atomic E-state index is -0.250. The summed E-state index contributed by atoms with van der Waals surface area (Å²) in [5.74, 6) is 0.0389. The van der Waals surface area contributed by atoms with Crippen molar-refractivity contribution in [3.05, 3.63) is 72.1 Å². The van der Waals surface area contributed by atoms with Gasteiger partial charge in [-0.15, -0.1) is 10.2 Å². The Morgan fingerprint density at radius 1 is 0.909 bits per heavy atom. The van der Waals surface area contributed by atoms with Crippen molar-refractivity contribution in [3.63, 3.8) is 0 Å². The van der Waals surface area contributed by atoms with E-state index in [0.29, 0.717) is 42.1 Å². The van der Waals surface area contributed by atoms with Gasteiger partial charge in [-0.05, 0) is 80.0 Å². The lowest BCUT2D eigenvalue weighted by molar-refractivity contribution is -0.134. The van der Waals surface area contributed by atoms with Gasteiger partial charge >= 0.3 is 0 Å². The highest BCUT2D eigenvalue weighted by molar-refractivity contribution is 7.18. The lowest BCUT2D eigenvalue weighted by Crippen LogP contribution is -2.55. The molecular weight excluding hydrogens is 713 g/mol. The molecule has 8 heterocycles. The maximum Gasteiger partial charge on any atom is 0.234 e. The number of amides is 2. The van der Waals surface area contributed by atoms with E-state index >= 15 is 0 Å². The Morgan fingerprint density at radius 3 is 2.45 bits per heavy atom. The molecule has 1 aromatic carbocycles. The molecule has 4 aliphatic heterocycles. The van der Waals surface area contributed by atoms with Crippen molar-refractivity contribution in [2.45, 2.75) is 56.5 Å². The number of piperazine rings is 1. The third kappa shape index (κ3) is 6.86. The highest BCUT2D eigenvalue weighted by Gasteiger charge is 2.42. The largest absolute Gasteiger partial charge is 0.372 e. The molecule has 9 rings (SSSR count). The summed E-state index contributed by atoms with van der Waals surface area (Å²) in [6.07, 6.45) is 8.98. The lowest BCUT2D eigenvalue weighted by atomic mass is 9.90. The molecule has 2 amide bonds. The van der Waals surface area contributed by atoms with Crippen LogP contribution < -0.4 is 20.4 Å². The van der Waals surface area contributed by atoms with Gasteiger partial charge in [0.15, 0.2) is 5.01 Å². The van der Waals surface area contributed by atoms with Crippen LogP contribution in [0.1, 0.15) is 55.6 Å². The molecule has 4 aliphatic rings. The number of pyridine rings is 1. The number of nitriles is 2. The topological polar surface area (TPSA) is 171 Å². The zero-order valence-corrected chi connectivity index (χ0v) is 31.1. The van der Waals surface area contributed by atoms with Gasteiger partial charge in [-0.25, -0.2) is 4.52 Å². The van der Waals surface area contributed by atoms with E-state index in [9.17, 15) is 20.1 Å². The van der Waals surface area contributed by atoms with Gasteiger partial charge in [0.2, 0.25) is 16.9 Å². The molecule has 4 saturated heterocycles. The van der Waals surface area contributed by atoms with Crippen LogP contribution in [0.2, 0.25) is 0 Å². The van der Waals surface area contributed by atoms with E-state index in [1.54, 1.807) is 28.1 Å². The smallest absolute Gasteiger partial charge is 0.234 e. The van der Waals surface area contributed by atoms with Gasteiger partial charge in [0.25, 0.3) is 0 Å². The molecule has 0 spiro atoms. The van der Waals surface area contributed by atoms with Crippen molar-refractivity contribution in [2.75, 3.05) is 54.4 Å². The van der Waals surface area contributed by atoms with Crippen LogP contribution in [0.15, 0.2) is 60.9 Å². The van der Waals surface area contributed by atoms with Crippen molar-refractivity contribution in [1.82, 2.24) is 35.0 Å². The number of nitrogens with zero attached hydrogens (tertiary/aromatic N) is 10. The van der Waals surface area contributed by atoms with Crippen LogP contribution in [0.4, 0.5) is 16.5 Å². The number of imide groups is 1. The number of hydrogen-bond acceptors (Lipinski definition) is 13. The second-order valence-corrected chi connectivity index (χ2v) is 15.9. The molecule has 2 N–H and O–H groups in total. The summed E-state index contributed by atoms with van der Waals surface area (Å²) >= 11 is 1.56. The first-order valence-corrected chi connectivity index (χ1v) is 19.8. The molecule has 4 aromatic heterocycles. The van der Waals surface area contributed by atoms with E-state index in [1.165, 1.54) is 24.7 Å². The summed E-state index contributed by atoms with van der Waals surface area (Å²) < 4.78 is 1.75. The molecule has 0 saturated carbocycles. The second kappa shape index (κ2) is 14.7. The van der Waals surface area contributed by atoms with Crippen LogP contribution in [0, 0.1) is 28.6 Å². The molecule has 4 fully saturated rings. The Hall–Kier alpha value is -5.90. The number of carbonyl (C=O) groups is 2. The maximum atomic E-state index is 12.3. The molecule has 55 heavy (non-hydrogen) atoms. The molecule has 3 atom stereocenters. The molecular formula is C40H40N12O2S. The minimum absolute atomic E-state index is 0.130. The van der Waals surface area contributed by atoms with Crippen molar-refractivity contribution < 1.29 is 9.59 Å². The van der Waals surface area contributed by atoms with Crippen LogP contribution in [-0.2, 0) is 9.59 Å². The number of piperidine rings is 2. The summed E-state index contributed by atoms with van der Waals surface area (Å²) in [4.78, 5) is 36.3. The third-order valence-corrected chi connectivity index (χ3v) is 12.7. The van der Waals surface area contributed by atoms with E-state index in [0.717, 1.165) is 83.7 Å². The predicted molar refractivity (Wildman–Crippen MR) is 208 cm³/mol. The number of aromatic nitrogens is 5. The number of benzene rings is 1. The fraction of sp³-hybridized carbons (Fsp3) is 0.400. The number of fused-ring (bicyclic) bond motifs is 3. The van der Waals surface area contributed by atoms with Crippen molar-refractivity contribution in [2.24, 2.45) is 5.92 Å². The Kier molecular flexibility index (Phi) is 9.33. The quantitative estimate of drug-likeness (QED) is 0.156. The Balaban J connectivity index is 0.827. The number of rotatable bonds is 9. The zero-order chi connectivity index (χ0) is 37.5. The number of nitrogens with one attached hydrogen (secondary N) is 2. The predicted octanol–water partition coefficient (Wildman–Crippen LogP) is 4.81. The SMILES string of the molecule is N#CCNc1cc(-c2ccc3cc(C#N)cnn23)ncc1-c1nnc(N2CC3CCC(C2)N3CC2CCN(c3ccc([C@@H]4CCC(=O)NC4=O)cc3)CC2)s1. The van der Waals surface area contributed by atoms with Crippen LogP contribution in [0.5, 0.6) is 0 Å². The number of carbonyl (C=O) groups excluding carboxylic acids is 2. The van der Waals surface area contributed by atoms with Crippen LogP contribution in [0.25, 0.3) is 27.5 Å². The summed E-state index contributed by atoms with van der Waals surface area (Å²) in [6, 6.07) is 21.2. The zero-order valence-electron chi connectivity index (χ0n) is 30.3. The standard InChI is InChI=1S/C40H40N12O2S/c41-13-14-43-34-18-35(36-9-7-29-17-26(19-42)20-45-52(29)36)44-21-33(34)39-47-48-40(55-39)50-23-30-5-6-31(24-50)51(30)22-25-11-15-49(16-12-25)28-3-1-27(2-4-28)32-8-10-37(53)46-38(32)54/h1-4,7,9,17-18,20-21,25,30-32H,5-6,8,10-12,14-16,22-24H2,(H,43,44)(H,46,53,54)/t30?,31?,32-/m0/s1. The highest BCUT2D eigenvalue weighted by atomic mass is 32.1. The molecule has 2 unspecified atom stereocenters. The average Bonchev–Trinajstić information content (AvgIpc) is 3.93.